The SMILES string of the molecule is CC(C)CNC(=O)[C@@H](C)N(Cc1ccccc1F)C(=O)CN(c1ccccc1F)S(C)(=O)=O. The smallest absolute Gasteiger partial charge is 0.244 e. The number of sulfonamides is 1. The lowest BCUT2D eigenvalue weighted by molar-refractivity contribution is -0.139. The van der Waals surface area contributed by atoms with Crippen LogP contribution in [0.2, 0.25) is 0 Å². The minimum absolute atomic E-state index is 0.158. The first-order chi connectivity index (χ1) is 15.4. The van der Waals surface area contributed by atoms with E-state index in [-0.39, 0.29) is 23.7 Å². The molecule has 0 heterocycles. The van der Waals surface area contributed by atoms with Gasteiger partial charge in [-0.15, -0.1) is 0 Å². The van der Waals surface area contributed by atoms with Crippen LogP contribution >= 0.6 is 0 Å². The predicted octanol–water partition coefficient (Wildman–Crippen LogP) is 2.92. The maximum atomic E-state index is 14.3. The Morgan fingerprint density at radius 3 is 2.09 bits per heavy atom. The molecule has 0 aliphatic heterocycles. The van der Waals surface area contributed by atoms with Crippen molar-refractivity contribution in [3.63, 3.8) is 0 Å². The van der Waals surface area contributed by atoms with Crippen molar-refractivity contribution in [2.24, 2.45) is 5.92 Å². The number of anilines is 1. The number of carbonyl (C=O) groups excluding carboxylic acids is 2. The highest BCUT2D eigenvalue weighted by atomic mass is 32.2. The number of halogens is 2. The van der Waals surface area contributed by atoms with Gasteiger partial charge in [-0.05, 0) is 31.0 Å². The molecule has 0 unspecified atom stereocenters. The second-order valence-electron chi connectivity index (χ2n) is 8.15. The van der Waals surface area contributed by atoms with Crippen LogP contribution < -0.4 is 9.62 Å². The van der Waals surface area contributed by atoms with Gasteiger partial charge in [-0.25, -0.2) is 17.2 Å². The van der Waals surface area contributed by atoms with Gasteiger partial charge in [-0.1, -0.05) is 44.2 Å². The first-order valence-corrected chi connectivity index (χ1v) is 12.3. The fraction of sp³-hybridized carbons (Fsp3) is 0.391. The molecule has 2 aromatic carbocycles. The van der Waals surface area contributed by atoms with Crippen molar-refractivity contribution >= 4 is 27.5 Å². The minimum atomic E-state index is -4.05. The van der Waals surface area contributed by atoms with Crippen LogP contribution in [-0.4, -0.2) is 50.5 Å². The fourth-order valence-corrected chi connectivity index (χ4v) is 3.94. The van der Waals surface area contributed by atoms with E-state index in [0.717, 1.165) is 17.2 Å². The van der Waals surface area contributed by atoms with Crippen molar-refractivity contribution in [1.82, 2.24) is 10.2 Å². The van der Waals surface area contributed by atoms with Gasteiger partial charge >= 0.3 is 0 Å². The third-order valence-electron chi connectivity index (χ3n) is 4.95. The van der Waals surface area contributed by atoms with Gasteiger partial charge < -0.3 is 10.2 Å². The Kier molecular flexibility index (Phi) is 8.92. The number of rotatable bonds is 10. The van der Waals surface area contributed by atoms with E-state index in [0.29, 0.717) is 10.8 Å². The molecule has 0 radical (unpaired) electrons. The molecule has 0 saturated carbocycles. The van der Waals surface area contributed by atoms with E-state index >= 15 is 0 Å². The van der Waals surface area contributed by atoms with E-state index in [2.05, 4.69) is 5.32 Å². The van der Waals surface area contributed by atoms with Crippen LogP contribution in [0, 0.1) is 17.6 Å². The highest BCUT2D eigenvalue weighted by molar-refractivity contribution is 7.92. The molecule has 0 spiro atoms. The number of nitrogens with one attached hydrogen (secondary N) is 1. The largest absolute Gasteiger partial charge is 0.354 e. The lowest BCUT2D eigenvalue weighted by atomic mass is 10.1. The third-order valence-corrected chi connectivity index (χ3v) is 6.08. The molecule has 2 amide bonds. The minimum Gasteiger partial charge on any atom is -0.354 e. The number of benzene rings is 2. The van der Waals surface area contributed by atoms with Crippen molar-refractivity contribution < 1.29 is 26.8 Å². The van der Waals surface area contributed by atoms with E-state index < -0.39 is 46.1 Å². The van der Waals surface area contributed by atoms with Gasteiger partial charge in [0.05, 0.1) is 11.9 Å². The molecule has 180 valence electrons. The van der Waals surface area contributed by atoms with Crippen LogP contribution in [0.25, 0.3) is 0 Å². The summed E-state index contributed by atoms with van der Waals surface area (Å²) >= 11 is 0. The molecule has 10 heteroatoms. The number of carbonyl (C=O) groups is 2. The van der Waals surface area contributed by atoms with Gasteiger partial charge in [0, 0.05) is 18.7 Å². The number of para-hydroxylation sites is 1. The Hall–Kier alpha value is -3.01. The molecule has 1 N–H and O–H groups in total. The Morgan fingerprint density at radius 1 is 0.970 bits per heavy atom. The Balaban J connectivity index is 2.39. The van der Waals surface area contributed by atoms with E-state index in [1.165, 1.54) is 43.3 Å². The normalized spacial score (nSPS) is 12.3. The molecule has 33 heavy (non-hydrogen) atoms. The topological polar surface area (TPSA) is 86.8 Å². The molecule has 0 saturated heterocycles. The third kappa shape index (κ3) is 7.24. The van der Waals surface area contributed by atoms with Crippen LogP contribution in [0.1, 0.15) is 26.3 Å². The predicted molar refractivity (Wildman–Crippen MR) is 123 cm³/mol. The lowest BCUT2D eigenvalue weighted by Gasteiger charge is -2.31. The zero-order valence-corrected chi connectivity index (χ0v) is 19.9. The number of hydrogen-bond acceptors (Lipinski definition) is 4. The van der Waals surface area contributed by atoms with Crippen LogP contribution in [0.4, 0.5) is 14.5 Å². The van der Waals surface area contributed by atoms with Crippen LogP contribution in [-0.2, 0) is 26.2 Å². The summed E-state index contributed by atoms with van der Waals surface area (Å²) in [5.74, 6) is -2.47. The van der Waals surface area contributed by atoms with E-state index in [9.17, 15) is 26.8 Å². The van der Waals surface area contributed by atoms with Gasteiger partial charge in [0.2, 0.25) is 21.8 Å². The van der Waals surface area contributed by atoms with Crippen molar-refractivity contribution in [3.8, 4) is 0 Å². The van der Waals surface area contributed by atoms with Crippen molar-refractivity contribution in [2.45, 2.75) is 33.4 Å². The van der Waals surface area contributed by atoms with Crippen LogP contribution in [0.15, 0.2) is 48.5 Å². The summed E-state index contributed by atoms with van der Waals surface area (Å²) in [6.45, 7) is 4.64. The first kappa shape index (κ1) is 26.2. The highest BCUT2D eigenvalue weighted by Gasteiger charge is 2.31. The Bertz CT molecular complexity index is 1090. The summed E-state index contributed by atoms with van der Waals surface area (Å²) in [4.78, 5) is 27.1. The molecule has 0 aliphatic rings. The summed E-state index contributed by atoms with van der Waals surface area (Å²) < 4.78 is 54.1. The second kappa shape index (κ2) is 11.2. The van der Waals surface area contributed by atoms with Gasteiger partial charge in [-0.3, -0.25) is 13.9 Å². The molecule has 2 aromatic rings. The van der Waals surface area contributed by atoms with Crippen LogP contribution in [0.3, 0.4) is 0 Å². The van der Waals surface area contributed by atoms with Gasteiger partial charge in [0.15, 0.2) is 0 Å². The average Bonchev–Trinajstić information content (AvgIpc) is 2.74. The summed E-state index contributed by atoms with van der Waals surface area (Å²) in [7, 11) is -4.05. The molecule has 7 nitrogen and oxygen atoms in total. The number of nitrogens with zero attached hydrogens (tertiary/aromatic N) is 2. The van der Waals surface area contributed by atoms with Crippen molar-refractivity contribution in [1.29, 1.82) is 0 Å². The zero-order valence-electron chi connectivity index (χ0n) is 19.1. The first-order valence-electron chi connectivity index (χ1n) is 10.4. The van der Waals surface area contributed by atoms with Gasteiger partial charge in [0.25, 0.3) is 0 Å². The van der Waals surface area contributed by atoms with Gasteiger partial charge in [0.1, 0.15) is 24.2 Å². The van der Waals surface area contributed by atoms with E-state index in [1.807, 2.05) is 13.8 Å². The van der Waals surface area contributed by atoms with Gasteiger partial charge in [-0.2, -0.15) is 0 Å². The maximum absolute atomic E-state index is 14.3. The lowest BCUT2D eigenvalue weighted by Crippen LogP contribution is -2.51. The zero-order chi connectivity index (χ0) is 24.8. The highest BCUT2D eigenvalue weighted by Crippen LogP contribution is 2.22. The Morgan fingerprint density at radius 2 is 1.55 bits per heavy atom. The monoisotopic (exact) mass is 481 g/mol. The number of hydrogen-bond donors (Lipinski definition) is 1. The Labute approximate surface area is 193 Å². The molecular formula is C23H29F2N3O4S. The molecule has 2 rings (SSSR count). The van der Waals surface area contributed by atoms with Crippen LogP contribution in [0.5, 0.6) is 0 Å². The summed E-state index contributed by atoms with van der Waals surface area (Å²) in [5.41, 5.74) is -0.137. The molecule has 0 aliphatic carbocycles. The second-order valence-corrected chi connectivity index (χ2v) is 10.1. The molecular weight excluding hydrogens is 452 g/mol. The molecule has 0 fully saturated rings. The fourth-order valence-electron chi connectivity index (χ4n) is 3.09. The molecule has 0 aromatic heterocycles. The summed E-state index contributed by atoms with van der Waals surface area (Å²) in [6.07, 6.45) is 0.854. The molecule has 1 atom stereocenters. The quantitative estimate of drug-likeness (QED) is 0.565. The maximum Gasteiger partial charge on any atom is 0.244 e. The standard InChI is InChI=1S/C23H29F2N3O4S/c1-16(2)13-26-23(30)17(3)27(14-18-9-5-6-10-19(18)24)22(29)15-28(33(4,31)32)21-12-8-7-11-20(21)25/h5-12,16-17H,13-15H2,1-4H3,(H,26,30)/t17-/m1/s1. The summed E-state index contributed by atoms with van der Waals surface area (Å²) in [5, 5.41) is 2.72. The van der Waals surface area contributed by atoms with Crippen molar-refractivity contribution in [2.75, 3.05) is 23.7 Å². The van der Waals surface area contributed by atoms with E-state index in [4.69, 9.17) is 0 Å². The average molecular weight is 482 g/mol. The van der Waals surface area contributed by atoms with E-state index in [1.54, 1.807) is 6.07 Å². The van der Waals surface area contributed by atoms with Crippen molar-refractivity contribution in [3.05, 3.63) is 65.7 Å². The molecule has 0 bridgehead atoms. The summed E-state index contributed by atoms with van der Waals surface area (Å²) in [6, 6.07) is 9.91. The number of amides is 2.